The van der Waals surface area contributed by atoms with Crippen LogP contribution in [0.5, 0.6) is 5.75 Å². The van der Waals surface area contributed by atoms with E-state index in [2.05, 4.69) is 21.2 Å². The van der Waals surface area contributed by atoms with Crippen molar-refractivity contribution in [1.29, 1.82) is 0 Å². The van der Waals surface area contributed by atoms with E-state index >= 15 is 0 Å². The van der Waals surface area contributed by atoms with Gasteiger partial charge >= 0.3 is 0 Å². The van der Waals surface area contributed by atoms with Gasteiger partial charge in [0.15, 0.2) is 6.61 Å². The van der Waals surface area contributed by atoms with Crippen LogP contribution in [-0.4, -0.2) is 35.4 Å². The van der Waals surface area contributed by atoms with Crippen LogP contribution < -0.4 is 10.1 Å². The lowest BCUT2D eigenvalue weighted by Gasteiger charge is -2.32. The number of benzene rings is 3. The Bertz CT molecular complexity index is 1200. The van der Waals surface area contributed by atoms with E-state index in [0.717, 1.165) is 22.0 Å². The number of carbonyl (C=O) groups excluding carboxylic acids is 2. The summed E-state index contributed by atoms with van der Waals surface area (Å²) in [5, 5.41) is 3.90. The Morgan fingerprint density at radius 1 is 1.03 bits per heavy atom. The first kappa shape index (κ1) is 29.0. The number of amides is 2. The van der Waals surface area contributed by atoms with Gasteiger partial charge in [-0.1, -0.05) is 82.5 Å². The van der Waals surface area contributed by atoms with Crippen LogP contribution in [0.3, 0.4) is 0 Å². The highest BCUT2D eigenvalue weighted by molar-refractivity contribution is 9.10. The molecule has 0 saturated carbocycles. The van der Waals surface area contributed by atoms with Crippen molar-refractivity contribution in [2.24, 2.45) is 0 Å². The predicted molar refractivity (Wildman–Crippen MR) is 153 cm³/mol. The van der Waals surface area contributed by atoms with Crippen LogP contribution in [0.25, 0.3) is 0 Å². The first-order valence-electron chi connectivity index (χ1n) is 12.1. The Morgan fingerprint density at radius 3 is 2.32 bits per heavy atom. The molecule has 2 atom stereocenters. The zero-order chi connectivity index (χ0) is 26.9. The molecule has 8 heteroatoms. The maximum atomic E-state index is 13.7. The third-order valence-electron chi connectivity index (χ3n) is 6.15. The number of rotatable bonds is 11. The van der Waals surface area contributed by atoms with Gasteiger partial charge in [-0.25, -0.2) is 0 Å². The molecule has 5 nitrogen and oxygen atoms in total. The summed E-state index contributed by atoms with van der Waals surface area (Å²) in [5.41, 5.74) is 2.49. The van der Waals surface area contributed by atoms with Gasteiger partial charge < -0.3 is 15.0 Å². The van der Waals surface area contributed by atoms with E-state index in [1.807, 2.05) is 63.2 Å². The van der Waals surface area contributed by atoms with Crippen molar-refractivity contribution in [1.82, 2.24) is 10.2 Å². The lowest BCUT2D eigenvalue weighted by Crippen LogP contribution is -2.53. The van der Waals surface area contributed by atoms with Gasteiger partial charge in [0.05, 0.1) is 0 Å². The number of hydrogen-bond acceptors (Lipinski definition) is 3. The molecule has 0 spiro atoms. The molecule has 37 heavy (non-hydrogen) atoms. The van der Waals surface area contributed by atoms with E-state index in [1.54, 1.807) is 24.3 Å². The minimum atomic E-state index is -0.800. The second-order valence-corrected chi connectivity index (χ2v) is 10.6. The SMILES string of the molecule is CC[C@H](C)NC(=O)[C@@H](Cc1ccccc1)N(Cc1c(Cl)cccc1Cl)C(=O)COc1ccc(Br)c(C)c1. The molecule has 0 aliphatic rings. The third-order valence-corrected chi connectivity index (χ3v) is 7.75. The molecule has 1 N–H and O–H groups in total. The Morgan fingerprint density at radius 2 is 1.70 bits per heavy atom. The molecule has 0 fully saturated rings. The van der Waals surface area contributed by atoms with Crippen LogP contribution in [0.4, 0.5) is 0 Å². The van der Waals surface area contributed by atoms with Crippen LogP contribution >= 0.6 is 39.1 Å². The second-order valence-electron chi connectivity index (χ2n) is 8.94. The number of nitrogens with one attached hydrogen (secondary N) is 1. The Kier molecular flexibility index (Phi) is 10.9. The molecule has 3 rings (SSSR count). The first-order chi connectivity index (χ1) is 17.7. The van der Waals surface area contributed by atoms with E-state index in [1.165, 1.54) is 4.90 Å². The van der Waals surface area contributed by atoms with Gasteiger partial charge in [0.2, 0.25) is 5.91 Å². The molecule has 0 bridgehead atoms. The molecular formula is C29H31BrCl2N2O3. The van der Waals surface area contributed by atoms with Gasteiger partial charge in [0, 0.05) is 39.1 Å². The first-order valence-corrected chi connectivity index (χ1v) is 13.7. The van der Waals surface area contributed by atoms with Crippen molar-refractivity contribution in [2.75, 3.05) is 6.61 Å². The molecule has 0 saturated heterocycles. The number of halogens is 3. The maximum Gasteiger partial charge on any atom is 0.261 e. The number of hydrogen-bond donors (Lipinski definition) is 1. The summed E-state index contributed by atoms with van der Waals surface area (Å²) in [4.78, 5) is 28.8. The van der Waals surface area contributed by atoms with E-state index < -0.39 is 6.04 Å². The summed E-state index contributed by atoms with van der Waals surface area (Å²) in [6.45, 7) is 5.70. The van der Waals surface area contributed by atoms with E-state index in [4.69, 9.17) is 27.9 Å². The highest BCUT2D eigenvalue weighted by Crippen LogP contribution is 2.28. The van der Waals surface area contributed by atoms with E-state index in [-0.39, 0.29) is 31.0 Å². The molecule has 0 heterocycles. The largest absolute Gasteiger partial charge is 0.484 e. The third kappa shape index (κ3) is 8.22. The molecule has 0 unspecified atom stereocenters. The standard InChI is InChI=1S/C29H31BrCl2N2O3/c1-4-20(3)33-29(36)27(16-21-9-6-5-7-10-21)34(17-23-25(31)11-8-12-26(23)32)28(35)18-37-22-13-14-24(30)19(2)15-22/h5-15,20,27H,4,16-18H2,1-3H3,(H,33,36)/t20-,27+/m0/s1. The van der Waals surface area contributed by atoms with Crippen molar-refractivity contribution >= 4 is 50.9 Å². The van der Waals surface area contributed by atoms with Crippen molar-refractivity contribution in [3.05, 3.63) is 97.9 Å². The molecule has 0 aromatic heterocycles. The minimum absolute atomic E-state index is 0.0476. The molecule has 0 radical (unpaired) electrons. The Labute approximate surface area is 237 Å². The van der Waals surface area contributed by atoms with Crippen LogP contribution in [0, 0.1) is 6.92 Å². The summed E-state index contributed by atoms with van der Waals surface area (Å²) >= 11 is 16.4. The minimum Gasteiger partial charge on any atom is -0.484 e. The van der Waals surface area contributed by atoms with Crippen LogP contribution in [-0.2, 0) is 22.6 Å². The maximum absolute atomic E-state index is 13.7. The van der Waals surface area contributed by atoms with Crippen molar-refractivity contribution in [3.63, 3.8) is 0 Å². The number of aryl methyl sites for hydroxylation is 1. The summed E-state index contributed by atoms with van der Waals surface area (Å²) in [6.07, 6.45) is 1.09. The normalized spacial score (nSPS) is 12.5. The van der Waals surface area contributed by atoms with Crippen molar-refractivity contribution < 1.29 is 14.3 Å². The van der Waals surface area contributed by atoms with Crippen molar-refractivity contribution in [2.45, 2.75) is 52.2 Å². The summed E-state index contributed by atoms with van der Waals surface area (Å²) < 4.78 is 6.81. The lowest BCUT2D eigenvalue weighted by molar-refractivity contribution is -0.143. The van der Waals surface area contributed by atoms with Crippen molar-refractivity contribution in [3.8, 4) is 5.75 Å². The van der Waals surface area contributed by atoms with Crippen LogP contribution in [0.1, 0.15) is 37.0 Å². The fraction of sp³-hybridized carbons (Fsp3) is 0.310. The van der Waals surface area contributed by atoms with Gasteiger partial charge in [0.1, 0.15) is 11.8 Å². The smallest absolute Gasteiger partial charge is 0.261 e. The van der Waals surface area contributed by atoms with Gasteiger partial charge in [0.25, 0.3) is 5.91 Å². The van der Waals surface area contributed by atoms with Gasteiger partial charge in [-0.2, -0.15) is 0 Å². The van der Waals surface area contributed by atoms with Crippen LogP contribution in [0.2, 0.25) is 10.0 Å². The number of carbonyl (C=O) groups is 2. The van der Waals surface area contributed by atoms with Gasteiger partial charge in [-0.3, -0.25) is 9.59 Å². The highest BCUT2D eigenvalue weighted by atomic mass is 79.9. The monoisotopic (exact) mass is 604 g/mol. The van der Waals surface area contributed by atoms with E-state index in [0.29, 0.717) is 27.8 Å². The van der Waals surface area contributed by atoms with E-state index in [9.17, 15) is 9.59 Å². The summed E-state index contributed by atoms with van der Waals surface area (Å²) in [7, 11) is 0. The fourth-order valence-corrected chi connectivity index (χ4v) is 4.55. The van der Waals surface area contributed by atoms with Gasteiger partial charge in [-0.15, -0.1) is 0 Å². The topological polar surface area (TPSA) is 58.6 Å². The molecule has 0 aliphatic heterocycles. The molecule has 3 aromatic rings. The van der Waals surface area contributed by atoms with Gasteiger partial charge in [-0.05, 0) is 61.7 Å². The average Bonchev–Trinajstić information content (AvgIpc) is 2.88. The summed E-state index contributed by atoms with van der Waals surface area (Å²) in [6, 6.07) is 19.5. The number of ether oxygens (including phenoxy) is 1. The quantitative estimate of drug-likeness (QED) is 0.256. The molecule has 3 aromatic carbocycles. The van der Waals surface area contributed by atoms with Crippen LogP contribution in [0.15, 0.2) is 71.2 Å². The second kappa shape index (κ2) is 13.8. The zero-order valence-electron chi connectivity index (χ0n) is 21.1. The average molecular weight is 606 g/mol. The highest BCUT2D eigenvalue weighted by Gasteiger charge is 2.32. The Balaban J connectivity index is 1.96. The zero-order valence-corrected chi connectivity index (χ0v) is 24.2. The molecule has 0 aliphatic carbocycles. The Hall–Kier alpha value is -2.54. The fourth-order valence-electron chi connectivity index (χ4n) is 3.78. The molecule has 196 valence electrons. The predicted octanol–water partition coefficient (Wildman–Crippen LogP) is 7.00. The molecule has 2 amide bonds. The number of nitrogens with zero attached hydrogens (tertiary/aromatic N) is 1. The lowest BCUT2D eigenvalue weighted by atomic mass is 10.0. The molecular weight excluding hydrogens is 575 g/mol. The summed E-state index contributed by atoms with van der Waals surface area (Å²) in [5.74, 6) is -0.0283.